The SMILES string of the molecule is CCOc1ccc(NC(=O)CC(O)(c2nccn2C)C(F)(F)F)cc1. The molecule has 2 aromatic rings. The van der Waals surface area contributed by atoms with Crippen LogP contribution in [0.3, 0.4) is 0 Å². The van der Waals surface area contributed by atoms with Crippen molar-refractivity contribution < 1.29 is 27.8 Å². The molecule has 0 aliphatic heterocycles. The molecular weight excluding hydrogens is 339 g/mol. The number of rotatable bonds is 6. The van der Waals surface area contributed by atoms with Gasteiger partial charge in [-0.3, -0.25) is 4.79 Å². The van der Waals surface area contributed by atoms with E-state index in [1.165, 1.54) is 25.4 Å². The average Bonchev–Trinajstić information content (AvgIpc) is 2.95. The van der Waals surface area contributed by atoms with E-state index in [-0.39, 0.29) is 5.69 Å². The number of carbonyl (C=O) groups is 1. The minimum Gasteiger partial charge on any atom is -0.494 e. The highest BCUT2D eigenvalue weighted by Crippen LogP contribution is 2.40. The molecule has 0 bridgehead atoms. The van der Waals surface area contributed by atoms with Crippen LogP contribution in [0.15, 0.2) is 36.7 Å². The molecule has 6 nitrogen and oxygen atoms in total. The van der Waals surface area contributed by atoms with Gasteiger partial charge in [0.05, 0.1) is 13.0 Å². The van der Waals surface area contributed by atoms with Gasteiger partial charge in [-0.2, -0.15) is 13.2 Å². The molecule has 0 aliphatic rings. The fraction of sp³-hybridized carbons (Fsp3) is 0.375. The first-order chi connectivity index (χ1) is 11.7. The number of hydrogen-bond donors (Lipinski definition) is 2. The highest BCUT2D eigenvalue weighted by Gasteiger charge is 2.58. The van der Waals surface area contributed by atoms with Gasteiger partial charge in [0.25, 0.3) is 0 Å². The Morgan fingerprint density at radius 2 is 1.96 bits per heavy atom. The van der Waals surface area contributed by atoms with Crippen LogP contribution in [0.5, 0.6) is 5.75 Å². The number of ether oxygens (including phenoxy) is 1. The number of aryl methyl sites for hydroxylation is 1. The van der Waals surface area contributed by atoms with Gasteiger partial charge in [0.15, 0.2) is 5.82 Å². The average molecular weight is 357 g/mol. The van der Waals surface area contributed by atoms with Crippen molar-refractivity contribution in [2.45, 2.75) is 25.1 Å². The van der Waals surface area contributed by atoms with E-state index < -0.39 is 29.9 Å². The second kappa shape index (κ2) is 7.14. The predicted molar refractivity (Wildman–Crippen MR) is 84.0 cm³/mol. The Morgan fingerprint density at radius 3 is 2.44 bits per heavy atom. The van der Waals surface area contributed by atoms with Crippen molar-refractivity contribution in [3.05, 3.63) is 42.5 Å². The second-order valence-corrected chi connectivity index (χ2v) is 5.40. The third-order valence-electron chi connectivity index (χ3n) is 3.53. The Morgan fingerprint density at radius 1 is 1.32 bits per heavy atom. The molecule has 0 saturated heterocycles. The molecule has 9 heteroatoms. The molecule has 25 heavy (non-hydrogen) atoms. The number of hydrogen-bond acceptors (Lipinski definition) is 4. The Hall–Kier alpha value is -2.55. The molecular formula is C16H18F3N3O3. The third kappa shape index (κ3) is 4.11. The van der Waals surface area contributed by atoms with E-state index in [1.54, 1.807) is 12.1 Å². The lowest BCUT2D eigenvalue weighted by molar-refractivity contribution is -0.270. The van der Waals surface area contributed by atoms with Crippen LogP contribution in [0.2, 0.25) is 0 Å². The quantitative estimate of drug-likeness (QED) is 0.833. The van der Waals surface area contributed by atoms with Gasteiger partial charge in [0, 0.05) is 25.1 Å². The molecule has 0 radical (unpaired) electrons. The summed E-state index contributed by atoms with van der Waals surface area (Å²) >= 11 is 0. The summed E-state index contributed by atoms with van der Waals surface area (Å²) in [5.74, 6) is -1.07. The van der Waals surface area contributed by atoms with E-state index in [9.17, 15) is 23.1 Å². The minimum atomic E-state index is -5.07. The molecule has 2 N–H and O–H groups in total. The van der Waals surface area contributed by atoms with Crippen LogP contribution in [-0.4, -0.2) is 33.3 Å². The summed E-state index contributed by atoms with van der Waals surface area (Å²) in [5.41, 5.74) is -3.10. The summed E-state index contributed by atoms with van der Waals surface area (Å²) in [6.07, 6.45) is -3.90. The van der Waals surface area contributed by atoms with Crippen molar-refractivity contribution in [2.75, 3.05) is 11.9 Å². The van der Waals surface area contributed by atoms with Gasteiger partial charge in [-0.15, -0.1) is 0 Å². The first-order valence-electron chi connectivity index (χ1n) is 7.47. The van der Waals surface area contributed by atoms with Crippen LogP contribution >= 0.6 is 0 Å². The summed E-state index contributed by atoms with van der Waals surface area (Å²) in [6, 6.07) is 6.15. The third-order valence-corrected chi connectivity index (χ3v) is 3.53. The van der Waals surface area contributed by atoms with Gasteiger partial charge >= 0.3 is 6.18 Å². The zero-order valence-electron chi connectivity index (χ0n) is 13.7. The van der Waals surface area contributed by atoms with Crippen molar-refractivity contribution in [3.8, 4) is 5.75 Å². The van der Waals surface area contributed by atoms with Crippen molar-refractivity contribution >= 4 is 11.6 Å². The smallest absolute Gasteiger partial charge is 0.425 e. The maximum Gasteiger partial charge on any atom is 0.425 e. The molecule has 1 aromatic heterocycles. The maximum absolute atomic E-state index is 13.4. The number of alkyl halides is 3. The van der Waals surface area contributed by atoms with Crippen molar-refractivity contribution in [3.63, 3.8) is 0 Å². The summed E-state index contributed by atoms with van der Waals surface area (Å²) in [5, 5.41) is 12.5. The van der Waals surface area contributed by atoms with Crippen LogP contribution in [0.4, 0.5) is 18.9 Å². The number of carbonyl (C=O) groups excluding carboxylic acids is 1. The predicted octanol–water partition coefficient (Wildman–Crippen LogP) is 2.60. The summed E-state index contributed by atoms with van der Waals surface area (Å²) in [6.45, 7) is 2.28. The lowest BCUT2D eigenvalue weighted by Gasteiger charge is -2.29. The van der Waals surface area contributed by atoms with Gasteiger partial charge in [0.1, 0.15) is 5.75 Å². The van der Waals surface area contributed by atoms with Gasteiger partial charge in [-0.25, -0.2) is 4.98 Å². The van der Waals surface area contributed by atoms with Crippen LogP contribution in [0, 0.1) is 0 Å². The van der Waals surface area contributed by atoms with Crippen LogP contribution < -0.4 is 10.1 Å². The van der Waals surface area contributed by atoms with Crippen LogP contribution in [0.1, 0.15) is 19.2 Å². The van der Waals surface area contributed by atoms with Gasteiger partial charge in [0.2, 0.25) is 11.5 Å². The molecule has 1 unspecified atom stereocenters. The van der Waals surface area contributed by atoms with E-state index in [0.717, 1.165) is 10.8 Å². The van der Waals surface area contributed by atoms with E-state index >= 15 is 0 Å². The highest BCUT2D eigenvalue weighted by molar-refractivity contribution is 5.91. The zero-order valence-corrected chi connectivity index (χ0v) is 13.7. The monoisotopic (exact) mass is 357 g/mol. The van der Waals surface area contributed by atoms with E-state index in [2.05, 4.69) is 10.3 Å². The Bertz CT molecular complexity index is 728. The molecule has 1 heterocycles. The largest absolute Gasteiger partial charge is 0.494 e. The van der Waals surface area contributed by atoms with Crippen LogP contribution in [-0.2, 0) is 17.4 Å². The number of aromatic nitrogens is 2. The number of anilines is 1. The Kier molecular flexibility index (Phi) is 5.36. The molecule has 1 aromatic carbocycles. The maximum atomic E-state index is 13.4. The fourth-order valence-corrected chi connectivity index (χ4v) is 2.31. The lowest BCUT2D eigenvalue weighted by Crippen LogP contribution is -2.46. The van der Waals surface area contributed by atoms with Gasteiger partial charge in [-0.1, -0.05) is 0 Å². The molecule has 1 amide bonds. The standard InChI is InChI=1S/C16H18F3N3O3/c1-3-25-12-6-4-11(5-7-12)21-13(23)10-15(24,16(17,18)19)14-20-8-9-22(14)2/h4-9,24H,3,10H2,1-2H3,(H,21,23). The van der Waals surface area contributed by atoms with Crippen LogP contribution in [0.25, 0.3) is 0 Å². The molecule has 136 valence electrons. The Balaban J connectivity index is 2.16. The minimum absolute atomic E-state index is 0.290. The number of imidazole rings is 1. The first-order valence-corrected chi connectivity index (χ1v) is 7.47. The van der Waals surface area contributed by atoms with Gasteiger partial charge in [-0.05, 0) is 31.2 Å². The Labute approximate surface area is 142 Å². The number of halogens is 3. The van der Waals surface area contributed by atoms with E-state index in [1.807, 2.05) is 6.92 Å². The number of amides is 1. The molecule has 0 saturated carbocycles. The second-order valence-electron chi connectivity index (χ2n) is 5.40. The van der Waals surface area contributed by atoms with Gasteiger partial charge < -0.3 is 19.7 Å². The first kappa shape index (κ1) is 18.8. The zero-order chi connectivity index (χ0) is 18.7. The molecule has 0 aliphatic carbocycles. The summed E-state index contributed by atoms with van der Waals surface area (Å²) < 4.78 is 46.4. The normalized spacial score (nSPS) is 14.0. The summed E-state index contributed by atoms with van der Waals surface area (Å²) in [7, 11) is 1.31. The van der Waals surface area contributed by atoms with E-state index in [0.29, 0.717) is 12.4 Å². The molecule has 2 rings (SSSR count). The highest BCUT2D eigenvalue weighted by atomic mass is 19.4. The number of benzene rings is 1. The molecule has 0 spiro atoms. The van der Waals surface area contributed by atoms with Crippen molar-refractivity contribution in [2.24, 2.45) is 7.05 Å². The number of nitrogens with zero attached hydrogens (tertiary/aromatic N) is 2. The fourth-order valence-electron chi connectivity index (χ4n) is 2.31. The molecule has 1 atom stereocenters. The van der Waals surface area contributed by atoms with Crippen molar-refractivity contribution in [1.82, 2.24) is 9.55 Å². The lowest BCUT2D eigenvalue weighted by atomic mass is 9.97. The number of aliphatic hydroxyl groups is 1. The summed E-state index contributed by atoms with van der Waals surface area (Å²) in [4.78, 5) is 15.6. The van der Waals surface area contributed by atoms with E-state index in [4.69, 9.17) is 4.74 Å². The topological polar surface area (TPSA) is 76.4 Å². The molecule has 0 fully saturated rings. The van der Waals surface area contributed by atoms with Crippen molar-refractivity contribution in [1.29, 1.82) is 0 Å². The number of nitrogens with one attached hydrogen (secondary N) is 1.